The number of nitrogens with one attached hydrogen (secondary N) is 3. The van der Waals surface area contributed by atoms with Gasteiger partial charge < -0.3 is 21.5 Å². The van der Waals surface area contributed by atoms with Gasteiger partial charge in [0.25, 0.3) is 5.91 Å². The first-order valence-electron chi connectivity index (χ1n) is 9.62. The smallest absolute Gasteiger partial charge is 0.325 e. The van der Waals surface area contributed by atoms with Gasteiger partial charge in [0.15, 0.2) is 0 Å². The third kappa shape index (κ3) is 8.48. The highest BCUT2D eigenvalue weighted by atomic mass is 16.4. The minimum absolute atomic E-state index is 0.0362. The molecule has 2 aromatic rings. The van der Waals surface area contributed by atoms with Crippen molar-refractivity contribution in [2.75, 3.05) is 13.1 Å². The number of nitrogens with zero attached hydrogens (tertiary/aromatic N) is 1. The zero-order valence-electron chi connectivity index (χ0n) is 16.9. The van der Waals surface area contributed by atoms with Crippen LogP contribution in [0.25, 0.3) is 0 Å². The fourth-order valence-electron chi connectivity index (χ4n) is 2.66. The van der Waals surface area contributed by atoms with Crippen molar-refractivity contribution >= 4 is 29.3 Å². The van der Waals surface area contributed by atoms with Gasteiger partial charge in [-0.1, -0.05) is 54.6 Å². The van der Waals surface area contributed by atoms with Crippen molar-refractivity contribution < 1.29 is 19.5 Å². The average molecular weight is 423 g/mol. The fraction of sp³-hybridized carbons (Fsp3) is 0.227. The molecule has 2 amide bonds. The average Bonchev–Trinajstić information content (AvgIpc) is 2.76. The lowest BCUT2D eigenvalue weighted by atomic mass is 10.1. The van der Waals surface area contributed by atoms with Crippen LogP contribution in [0.4, 0.5) is 0 Å². The second-order valence-electron chi connectivity index (χ2n) is 6.71. The van der Waals surface area contributed by atoms with Gasteiger partial charge in [0.1, 0.15) is 18.1 Å². The van der Waals surface area contributed by atoms with Crippen molar-refractivity contribution in [3.63, 3.8) is 0 Å². The molecule has 0 aromatic heterocycles. The first kappa shape index (κ1) is 23.3. The quantitative estimate of drug-likeness (QED) is 0.267. The van der Waals surface area contributed by atoms with Gasteiger partial charge in [0, 0.05) is 12.1 Å². The first-order chi connectivity index (χ1) is 14.8. The van der Waals surface area contributed by atoms with Crippen LogP contribution in [-0.2, 0) is 27.3 Å². The van der Waals surface area contributed by atoms with Crippen LogP contribution < -0.4 is 16.4 Å². The summed E-state index contributed by atoms with van der Waals surface area (Å²) < 4.78 is 0. The van der Waals surface area contributed by atoms with Crippen molar-refractivity contribution in [3.05, 3.63) is 71.3 Å². The maximum Gasteiger partial charge on any atom is 0.325 e. The zero-order chi connectivity index (χ0) is 22.6. The molecule has 0 heterocycles. The van der Waals surface area contributed by atoms with E-state index in [0.717, 1.165) is 11.1 Å². The molecule has 6 N–H and O–H groups in total. The molecule has 9 heteroatoms. The number of carboxylic acids is 1. The Hall–Kier alpha value is -4.01. The Morgan fingerprint density at radius 1 is 0.968 bits per heavy atom. The van der Waals surface area contributed by atoms with Gasteiger partial charge in [0.2, 0.25) is 5.91 Å². The van der Waals surface area contributed by atoms with Crippen LogP contribution >= 0.6 is 0 Å². The third-order valence-corrected chi connectivity index (χ3v) is 4.32. The summed E-state index contributed by atoms with van der Waals surface area (Å²) in [4.78, 5) is 39.2. The predicted molar refractivity (Wildman–Crippen MR) is 117 cm³/mol. The Balaban J connectivity index is 1.85. The molecule has 0 aliphatic rings. The standard InChI is InChI=1S/C22H25N5O4/c23-21(24)17-9-6-16(7-10-17)12-26-19(28)13-27-22(31)18(25-14-20(29)30)11-8-15-4-2-1-3-5-15/h1-7,9-10H,8,11-14H2,(H3,23,24)(H,26,28)(H,27,31)(H,29,30). The van der Waals surface area contributed by atoms with Gasteiger partial charge in [-0.2, -0.15) is 0 Å². The number of amides is 2. The summed E-state index contributed by atoms with van der Waals surface area (Å²) in [5.41, 5.74) is 7.88. The molecule has 0 aliphatic carbocycles. The molecule has 31 heavy (non-hydrogen) atoms. The summed E-state index contributed by atoms with van der Waals surface area (Å²) in [5.74, 6) is -2.15. The Labute approximate surface area is 179 Å². The Morgan fingerprint density at radius 3 is 2.26 bits per heavy atom. The largest absolute Gasteiger partial charge is 0.480 e. The number of aliphatic carboxylic acids is 1. The molecule has 0 unspecified atom stereocenters. The number of carboxylic acid groups (broad SMARTS) is 1. The van der Waals surface area contributed by atoms with E-state index in [4.69, 9.17) is 16.2 Å². The van der Waals surface area contributed by atoms with Gasteiger partial charge in [-0.15, -0.1) is 0 Å². The predicted octanol–water partition coefficient (Wildman–Crippen LogP) is 0.861. The molecule has 0 bridgehead atoms. The number of aryl methyl sites for hydroxylation is 1. The van der Waals surface area contributed by atoms with E-state index in [2.05, 4.69) is 15.6 Å². The summed E-state index contributed by atoms with van der Waals surface area (Å²) in [6.45, 7) is -0.525. The van der Waals surface area contributed by atoms with Crippen LogP contribution in [0, 0.1) is 5.41 Å². The second kappa shape index (κ2) is 11.9. The summed E-state index contributed by atoms with van der Waals surface area (Å²) >= 11 is 0. The van der Waals surface area contributed by atoms with E-state index in [9.17, 15) is 14.4 Å². The lowest BCUT2D eigenvalue weighted by Gasteiger charge is -2.10. The normalized spacial score (nSPS) is 10.9. The Bertz CT molecular complexity index is 956. The van der Waals surface area contributed by atoms with Crippen LogP contribution in [0.1, 0.15) is 23.1 Å². The molecular formula is C22H25N5O4. The molecule has 0 atom stereocenters. The van der Waals surface area contributed by atoms with E-state index < -0.39 is 24.3 Å². The molecule has 0 aliphatic heterocycles. The molecule has 162 valence electrons. The summed E-state index contributed by atoms with van der Waals surface area (Å²) in [7, 11) is 0. The number of rotatable bonds is 11. The van der Waals surface area contributed by atoms with Crippen LogP contribution in [0.15, 0.2) is 59.6 Å². The van der Waals surface area contributed by atoms with Gasteiger partial charge >= 0.3 is 5.97 Å². The zero-order valence-corrected chi connectivity index (χ0v) is 16.9. The number of nitrogens with two attached hydrogens (primary N) is 1. The van der Waals surface area contributed by atoms with E-state index in [0.29, 0.717) is 12.0 Å². The minimum Gasteiger partial charge on any atom is -0.480 e. The Kier molecular flexibility index (Phi) is 8.90. The Morgan fingerprint density at radius 2 is 1.65 bits per heavy atom. The van der Waals surface area contributed by atoms with E-state index in [-0.39, 0.29) is 31.1 Å². The fourth-order valence-corrected chi connectivity index (χ4v) is 2.66. The van der Waals surface area contributed by atoms with Crippen molar-refractivity contribution in [1.82, 2.24) is 10.6 Å². The number of benzene rings is 2. The van der Waals surface area contributed by atoms with Crippen LogP contribution in [0.2, 0.25) is 0 Å². The van der Waals surface area contributed by atoms with Crippen molar-refractivity contribution in [2.24, 2.45) is 10.7 Å². The highest BCUT2D eigenvalue weighted by Gasteiger charge is 2.14. The molecule has 0 saturated carbocycles. The molecule has 0 fully saturated rings. The monoisotopic (exact) mass is 423 g/mol. The molecular weight excluding hydrogens is 398 g/mol. The molecule has 0 radical (unpaired) electrons. The summed E-state index contributed by atoms with van der Waals surface area (Å²) in [6, 6.07) is 16.3. The minimum atomic E-state index is -1.14. The highest BCUT2D eigenvalue weighted by molar-refractivity contribution is 6.39. The maximum atomic E-state index is 12.4. The van der Waals surface area contributed by atoms with Crippen LogP contribution in [0.3, 0.4) is 0 Å². The molecule has 9 nitrogen and oxygen atoms in total. The first-order valence-corrected chi connectivity index (χ1v) is 9.62. The van der Waals surface area contributed by atoms with E-state index in [1.807, 2.05) is 30.3 Å². The van der Waals surface area contributed by atoms with Gasteiger partial charge in [-0.25, -0.2) is 0 Å². The van der Waals surface area contributed by atoms with Crippen LogP contribution in [-0.4, -0.2) is 47.5 Å². The number of carbonyl (C=O) groups excluding carboxylic acids is 2. The van der Waals surface area contributed by atoms with E-state index >= 15 is 0 Å². The number of carbonyl (C=O) groups is 3. The second-order valence-corrected chi connectivity index (χ2v) is 6.71. The van der Waals surface area contributed by atoms with E-state index in [1.165, 1.54) is 0 Å². The summed E-state index contributed by atoms with van der Waals surface area (Å²) in [5, 5.41) is 21.4. The number of aliphatic imine (C=N–C) groups is 1. The van der Waals surface area contributed by atoms with Crippen LogP contribution in [0.5, 0.6) is 0 Å². The van der Waals surface area contributed by atoms with Gasteiger partial charge in [0.05, 0.1) is 6.54 Å². The lowest BCUT2D eigenvalue weighted by molar-refractivity contribution is -0.135. The topological polar surface area (TPSA) is 158 Å². The molecule has 2 rings (SSSR count). The number of hydrogen-bond acceptors (Lipinski definition) is 5. The highest BCUT2D eigenvalue weighted by Crippen LogP contribution is 2.05. The summed E-state index contributed by atoms with van der Waals surface area (Å²) in [6.07, 6.45) is 0.780. The number of hydrogen-bond donors (Lipinski definition) is 5. The van der Waals surface area contributed by atoms with Crippen molar-refractivity contribution in [3.8, 4) is 0 Å². The molecule has 0 spiro atoms. The molecule has 2 aromatic carbocycles. The molecule has 0 saturated heterocycles. The van der Waals surface area contributed by atoms with Crippen molar-refractivity contribution in [2.45, 2.75) is 19.4 Å². The third-order valence-electron chi connectivity index (χ3n) is 4.32. The SMILES string of the molecule is N=C(N)c1ccc(CNC(=O)CNC(=O)C(CCc2ccccc2)=NCC(=O)O)cc1. The van der Waals surface area contributed by atoms with Gasteiger partial charge in [-0.05, 0) is 24.0 Å². The number of nitrogen functional groups attached to an aromatic ring is 1. The van der Waals surface area contributed by atoms with Crippen molar-refractivity contribution in [1.29, 1.82) is 5.41 Å². The van der Waals surface area contributed by atoms with E-state index in [1.54, 1.807) is 24.3 Å². The lowest BCUT2D eigenvalue weighted by Crippen LogP contribution is -2.40. The number of amidine groups is 1. The van der Waals surface area contributed by atoms with Gasteiger partial charge in [-0.3, -0.25) is 24.8 Å². The maximum absolute atomic E-state index is 12.4.